The fraction of sp³-hybridized carbons (Fsp3) is 0.143. The van der Waals surface area contributed by atoms with E-state index in [0.717, 1.165) is 15.8 Å². The van der Waals surface area contributed by atoms with Crippen molar-refractivity contribution < 1.29 is 13.2 Å². The Hall–Kier alpha value is -1.08. The molecule has 0 bridgehead atoms. The van der Waals surface area contributed by atoms with Crippen molar-refractivity contribution >= 4 is 37.6 Å². The third-order valence-electron chi connectivity index (χ3n) is 2.81. The molecule has 2 rings (SSSR count). The van der Waals surface area contributed by atoms with Gasteiger partial charge in [0.15, 0.2) is 0 Å². The highest BCUT2D eigenvalue weighted by Gasteiger charge is 2.17. The third-order valence-corrected chi connectivity index (χ3v) is 5.19. The van der Waals surface area contributed by atoms with Crippen molar-refractivity contribution in [3.63, 3.8) is 0 Å². The van der Waals surface area contributed by atoms with Crippen LogP contribution >= 0.6 is 27.5 Å². The van der Waals surface area contributed by atoms with Gasteiger partial charge < -0.3 is 4.74 Å². The van der Waals surface area contributed by atoms with Gasteiger partial charge in [-0.1, -0.05) is 39.7 Å². The van der Waals surface area contributed by atoms with Gasteiger partial charge in [-0.15, -0.1) is 0 Å². The summed E-state index contributed by atoms with van der Waals surface area (Å²) in [5, 5.41) is 0.173. The van der Waals surface area contributed by atoms with E-state index in [2.05, 4.69) is 20.7 Å². The minimum Gasteiger partial charge on any atom is -0.497 e. The second-order valence-corrected chi connectivity index (χ2v) is 7.31. The van der Waals surface area contributed by atoms with Crippen LogP contribution in [-0.2, 0) is 16.6 Å². The number of hydrogen-bond donors (Lipinski definition) is 1. The third kappa shape index (κ3) is 4.20. The molecular weight excluding hydrogens is 378 g/mol. The molecule has 112 valence electrons. The lowest BCUT2D eigenvalue weighted by Crippen LogP contribution is -2.23. The molecule has 0 amide bonds. The molecule has 0 heterocycles. The van der Waals surface area contributed by atoms with Crippen LogP contribution in [0.1, 0.15) is 5.56 Å². The first kappa shape index (κ1) is 16.3. The molecular formula is C14H13BrClNO3S. The summed E-state index contributed by atoms with van der Waals surface area (Å²) < 4.78 is 32.7. The number of nitrogens with one attached hydrogen (secondary N) is 1. The summed E-state index contributed by atoms with van der Waals surface area (Å²) in [5.41, 5.74) is 0.826. The molecule has 0 saturated carbocycles. The van der Waals surface area contributed by atoms with Gasteiger partial charge in [-0.05, 0) is 35.9 Å². The van der Waals surface area contributed by atoms with Crippen molar-refractivity contribution in [2.75, 3.05) is 7.11 Å². The van der Waals surface area contributed by atoms with Crippen LogP contribution in [0.5, 0.6) is 5.75 Å². The molecule has 0 unspecified atom stereocenters. The van der Waals surface area contributed by atoms with Gasteiger partial charge in [0.25, 0.3) is 0 Å². The van der Waals surface area contributed by atoms with Crippen LogP contribution in [0, 0.1) is 0 Å². The average molecular weight is 391 g/mol. The van der Waals surface area contributed by atoms with Gasteiger partial charge in [0.2, 0.25) is 10.0 Å². The maximum Gasteiger partial charge on any atom is 0.242 e. The van der Waals surface area contributed by atoms with E-state index in [4.69, 9.17) is 16.3 Å². The summed E-state index contributed by atoms with van der Waals surface area (Å²) >= 11 is 9.21. The van der Waals surface area contributed by atoms with Crippen molar-refractivity contribution in [2.24, 2.45) is 0 Å². The Kier molecular flexibility index (Phi) is 5.27. The standard InChI is InChI=1S/C14H13BrClNO3S/c1-20-12-5-2-10(3-6-12)9-17-21(18,19)14-7-4-11(15)8-13(14)16/h2-8,17H,9H2,1H3. The maximum atomic E-state index is 12.2. The molecule has 2 aromatic rings. The molecule has 0 spiro atoms. The Balaban J connectivity index is 2.13. The quantitative estimate of drug-likeness (QED) is 0.849. The molecule has 0 aliphatic rings. The predicted octanol–water partition coefficient (Wildman–Crippen LogP) is 3.59. The molecule has 1 N–H and O–H groups in total. The molecule has 0 aliphatic carbocycles. The monoisotopic (exact) mass is 389 g/mol. The van der Waals surface area contributed by atoms with Gasteiger partial charge in [0.05, 0.1) is 12.1 Å². The van der Waals surface area contributed by atoms with Gasteiger partial charge in [-0.25, -0.2) is 13.1 Å². The lowest BCUT2D eigenvalue weighted by atomic mass is 10.2. The summed E-state index contributed by atoms with van der Waals surface area (Å²) in [5.74, 6) is 0.720. The largest absolute Gasteiger partial charge is 0.497 e. The zero-order valence-electron chi connectivity index (χ0n) is 11.1. The van der Waals surface area contributed by atoms with Crippen LogP contribution in [0.4, 0.5) is 0 Å². The zero-order chi connectivity index (χ0) is 15.5. The molecule has 4 nitrogen and oxygen atoms in total. The summed E-state index contributed by atoms with van der Waals surface area (Å²) in [6.07, 6.45) is 0. The molecule has 0 saturated heterocycles. The van der Waals surface area contributed by atoms with Gasteiger partial charge in [-0.2, -0.15) is 0 Å². The van der Waals surface area contributed by atoms with Gasteiger partial charge in [-0.3, -0.25) is 0 Å². The highest BCUT2D eigenvalue weighted by atomic mass is 79.9. The SMILES string of the molecule is COc1ccc(CNS(=O)(=O)c2ccc(Br)cc2Cl)cc1. The molecule has 2 aromatic carbocycles. The van der Waals surface area contributed by atoms with Crippen LogP contribution in [0.2, 0.25) is 5.02 Å². The van der Waals surface area contributed by atoms with Crippen molar-refractivity contribution in [2.45, 2.75) is 11.4 Å². The number of hydrogen-bond acceptors (Lipinski definition) is 3. The maximum absolute atomic E-state index is 12.2. The minimum atomic E-state index is -3.66. The second kappa shape index (κ2) is 6.79. The molecule has 0 aromatic heterocycles. The van der Waals surface area contributed by atoms with E-state index in [1.54, 1.807) is 43.5 Å². The fourth-order valence-electron chi connectivity index (χ4n) is 1.69. The van der Waals surface area contributed by atoms with Gasteiger partial charge in [0, 0.05) is 11.0 Å². The van der Waals surface area contributed by atoms with Crippen LogP contribution in [0.3, 0.4) is 0 Å². The average Bonchev–Trinajstić information content (AvgIpc) is 2.45. The second-order valence-electron chi connectivity index (χ2n) is 4.25. The fourth-order valence-corrected chi connectivity index (χ4v) is 3.75. The Morgan fingerprint density at radius 2 is 1.86 bits per heavy atom. The first-order valence-electron chi connectivity index (χ1n) is 6.00. The first-order valence-corrected chi connectivity index (χ1v) is 8.65. The number of ether oxygens (including phenoxy) is 1. The highest BCUT2D eigenvalue weighted by Crippen LogP contribution is 2.25. The van der Waals surface area contributed by atoms with E-state index in [1.807, 2.05) is 0 Å². The summed E-state index contributed by atoms with van der Waals surface area (Å²) in [4.78, 5) is 0.0564. The molecule has 0 radical (unpaired) electrons. The van der Waals surface area contributed by atoms with Gasteiger partial charge >= 0.3 is 0 Å². The van der Waals surface area contributed by atoms with Crippen molar-refractivity contribution in [1.29, 1.82) is 0 Å². The van der Waals surface area contributed by atoms with E-state index in [1.165, 1.54) is 6.07 Å². The lowest BCUT2D eigenvalue weighted by molar-refractivity contribution is 0.414. The van der Waals surface area contributed by atoms with Crippen molar-refractivity contribution in [3.05, 3.63) is 57.5 Å². The van der Waals surface area contributed by atoms with Crippen LogP contribution < -0.4 is 9.46 Å². The number of benzene rings is 2. The number of rotatable bonds is 5. The Labute approximate surface area is 137 Å². The normalized spacial score (nSPS) is 11.4. The Morgan fingerprint density at radius 1 is 1.19 bits per heavy atom. The minimum absolute atomic E-state index is 0.0564. The number of sulfonamides is 1. The molecule has 21 heavy (non-hydrogen) atoms. The van der Waals surface area contributed by atoms with Crippen LogP contribution in [-0.4, -0.2) is 15.5 Å². The molecule has 0 aliphatic heterocycles. The smallest absolute Gasteiger partial charge is 0.242 e. The summed E-state index contributed by atoms with van der Waals surface area (Å²) in [6, 6.07) is 11.8. The van der Waals surface area contributed by atoms with Crippen molar-refractivity contribution in [1.82, 2.24) is 4.72 Å². The molecule has 0 fully saturated rings. The predicted molar refractivity (Wildman–Crippen MR) is 86.2 cm³/mol. The summed E-state index contributed by atoms with van der Waals surface area (Å²) in [7, 11) is -2.08. The van der Waals surface area contributed by atoms with E-state index < -0.39 is 10.0 Å². The van der Waals surface area contributed by atoms with E-state index in [9.17, 15) is 8.42 Å². The highest BCUT2D eigenvalue weighted by molar-refractivity contribution is 9.10. The van der Waals surface area contributed by atoms with E-state index in [0.29, 0.717) is 0 Å². The first-order chi connectivity index (χ1) is 9.92. The van der Waals surface area contributed by atoms with Crippen molar-refractivity contribution in [3.8, 4) is 5.75 Å². The zero-order valence-corrected chi connectivity index (χ0v) is 14.3. The van der Waals surface area contributed by atoms with Gasteiger partial charge in [0.1, 0.15) is 10.6 Å². The number of halogens is 2. The Morgan fingerprint density at radius 3 is 2.43 bits per heavy atom. The van der Waals surface area contributed by atoms with Crippen LogP contribution in [0.25, 0.3) is 0 Å². The molecule has 7 heteroatoms. The topological polar surface area (TPSA) is 55.4 Å². The van der Waals surface area contributed by atoms with E-state index >= 15 is 0 Å². The van der Waals surface area contributed by atoms with E-state index in [-0.39, 0.29) is 16.5 Å². The molecule has 0 atom stereocenters. The lowest BCUT2D eigenvalue weighted by Gasteiger charge is -2.09. The summed E-state index contributed by atoms with van der Waals surface area (Å²) in [6.45, 7) is 0.179. The van der Waals surface area contributed by atoms with Crippen LogP contribution in [0.15, 0.2) is 51.8 Å². The Bertz CT molecular complexity index is 732. The number of methoxy groups -OCH3 is 1.